The van der Waals surface area contributed by atoms with Gasteiger partial charge in [0, 0.05) is 25.2 Å². The van der Waals surface area contributed by atoms with Crippen LogP contribution in [-0.4, -0.2) is 37.0 Å². The number of piperidine rings is 1. The molecule has 0 unspecified atom stereocenters. The van der Waals surface area contributed by atoms with Crippen LogP contribution in [0.2, 0.25) is 0 Å². The molecule has 37 heavy (non-hydrogen) atoms. The SMILES string of the molecule is CCOC(=O)C1=C(C)N=c2sc(=Cc3ccc(N4CCCCC4)o3)c(=O)n2[C@@H]1c1ccc2c(c1)OCO2. The van der Waals surface area contributed by atoms with E-state index in [1.807, 2.05) is 18.2 Å². The third kappa shape index (κ3) is 4.25. The predicted molar refractivity (Wildman–Crippen MR) is 138 cm³/mol. The van der Waals surface area contributed by atoms with Crippen molar-refractivity contribution in [1.82, 2.24) is 4.57 Å². The van der Waals surface area contributed by atoms with Crippen LogP contribution in [0.15, 0.2) is 55.8 Å². The van der Waals surface area contributed by atoms with E-state index in [0.29, 0.717) is 43.4 Å². The minimum atomic E-state index is -0.715. The van der Waals surface area contributed by atoms with E-state index in [2.05, 4.69) is 9.89 Å². The Bertz CT molecular complexity index is 1570. The number of fused-ring (bicyclic) bond motifs is 2. The highest BCUT2D eigenvalue weighted by Crippen LogP contribution is 2.38. The molecule has 5 heterocycles. The fourth-order valence-electron chi connectivity index (χ4n) is 5.02. The third-order valence-corrected chi connectivity index (χ3v) is 7.77. The third-order valence-electron chi connectivity index (χ3n) is 6.78. The lowest BCUT2D eigenvalue weighted by atomic mass is 9.95. The second-order valence-corrected chi connectivity index (χ2v) is 10.1. The molecule has 6 rings (SSSR count). The molecular formula is C27H27N3O6S. The lowest BCUT2D eigenvalue weighted by Gasteiger charge is -2.25. The van der Waals surface area contributed by atoms with Crippen LogP contribution in [0.25, 0.3) is 6.08 Å². The van der Waals surface area contributed by atoms with Crippen molar-refractivity contribution >= 4 is 29.3 Å². The second-order valence-electron chi connectivity index (χ2n) is 9.14. The summed E-state index contributed by atoms with van der Waals surface area (Å²) in [6.07, 6.45) is 5.29. The van der Waals surface area contributed by atoms with Crippen LogP contribution in [0.1, 0.15) is 50.5 Å². The maximum absolute atomic E-state index is 13.8. The summed E-state index contributed by atoms with van der Waals surface area (Å²) in [7, 11) is 0. The molecule has 10 heteroatoms. The van der Waals surface area contributed by atoms with Gasteiger partial charge in [-0.1, -0.05) is 17.4 Å². The maximum atomic E-state index is 13.8. The molecule has 0 radical (unpaired) electrons. The summed E-state index contributed by atoms with van der Waals surface area (Å²) >= 11 is 1.27. The Kier molecular flexibility index (Phi) is 6.11. The predicted octanol–water partition coefficient (Wildman–Crippen LogP) is 3.11. The summed E-state index contributed by atoms with van der Waals surface area (Å²) < 4.78 is 24.5. The largest absolute Gasteiger partial charge is 0.463 e. The van der Waals surface area contributed by atoms with Crippen LogP contribution >= 0.6 is 11.3 Å². The number of rotatable bonds is 5. The lowest BCUT2D eigenvalue weighted by Crippen LogP contribution is -2.39. The van der Waals surface area contributed by atoms with Gasteiger partial charge in [-0.3, -0.25) is 9.36 Å². The number of anilines is 1. The number of ether oxygens (including phenoxy) is 3. The molecule has 1 saturated heterocycles. The van der Waals surface area contributed by atoms with Crippen molar-refractivity contribution in [3.8, 4) is 11.5 Å². The van der Waals surface area contributed by atoms with Gasteiger partial charge in [0.15, 0.2) is 22.2 Å². The molecule has 0 N–H and O–H groups in total. The van der Waals surface area contributed by atoms with Crippen molar-refractivity contribution in [2.45, 2.75) is 39.2 Å². The van der Waals surface area contributed by atoms with Gasteiger partial charge in [0.1, 0.15) is 5.76 Å². The lowest BCUT2D eigenvalue weighted by molar-refractivity contribution is -0.139. The number of hydrogen-bond donors (Lipinski definition) is 0. The number of furan rings is 1. The molecule has 0 spiro atoms. The van der Waals surface area contributed by atoms with E-state index in [4.69, 9.17) is 18.6 Å². The Morgan fingerprint density at radius 2 is 1.97 bits per heavy atom. The van der Waals surface area contributed by atoms with E-state index >= 15 is 0 Å². The van der Waals surface area contributed by atoms with E-state index in [9.17, 15) is 9.59 Å². The normalized spacial score (nSPS) is 19.1. The van der Waals surface area contributed by atoms with Crippen molar-refractivity contribution in [3.63, 3.8) is 0 Å². The van der Waals surface area contributed by atoms with Gasteiger partial charge in [-0.15, -0.1) is 0 Å². The second kappa shape index (κ2) is 9.59. The fourth-order valence-corrected chi connectivity index (χ4v) is 6.05. The van der Waals surface area contributed by atoms with Gasteiger partial charge in [-0.05, 0) is 56.9 Å². The summed E-state index contributed by atoms with van der Waals surface area (Å²) in [4.78, 5) is 34.2. The standard InChI is InChI=1S/C27H27N3O6S/c1-3-33-26(32)23-16(2)28-27-30(24(23)17-7-9-19-20(13-17)35-15-34-19)25(31)21(37-27)14-18-8-10-22(36-18)29-11-5-4-6-12-29/h7-10,13-14,24H,3-6,11-12,15H2,1-2H3/t24-/m1/s1. The monoisotopic (exact) mass is 521 g/mol. The van der Waals surface area contributed by atoms with E-state index in [1.165, 1.54) is 17.8 Å². The van der Waals surface area contributed by atoms with Crippen LogP contribution in [0.4, 0.5) is 5.88 Å². The van der Waals surface area contributed by atoms with Crippen molar-refractivity contribution in [2.24, 2.45) is 4.99 Å². The molecule has 0 amide bonds. The molecule has 3 aliphatic rings. The van der Waals surface area contributed by atoms with Crippen LogP contribution in [0.5, 0.6) is 11.5 Å². The fraction of sp³-hybridized carbons (Fsp3) is 0.370. The first kappa shape index (κ1) is 23.6. The average Bonchev–Trinajstić information content (AvgIpc) is 3.63. The summed E-state index contributed by atoms with van der Waals surface area (Å²) in [5.74, 6) is 2.11. The Labute approximate surface area is 216 Å². The summed E-state index contributed by atoms with van der Waals surface area (Å²) in [6, 6.07) is 8.55. The van der Waals surface area contributed by atoms with Gasteiger partial charge in [-0.2, -0.15) is 0 Å². The molecule has 2 aromatic heterocycles. The smallest absolute Gasteiger partial charge is 0.338 e. The summed E-state index contributed by atoms with van der Waals surface area (Å²) in [5, 5.41) is 0. The Balaban J connectivity index is 1.45. The number of thiazole rings is 1. The van der Waals surface area contributed by atoms with Crippen molar-refractivity contribution in [1.29, 1.82) is 0 Å². The minimum absolute atomic E-state index is 0.129. The molecule has 1 aromatic carbocycles. The highest BCUT2D eigenvalue weighted by Gasteiger charge is 2.34. The Morgan fingerprint density at radius 3 is 2.78 bits per heavy atom. The first-order valence-corrected chi connectivity index (χ1v) is 13.3. The molecule has 1 fully saturated rings. The first-order chi connectivity index (χ1) is 18.0. The zero-order chi connectivity index (χ0) is 25.5. The molecule has 0 aliphatic carbocycles. The Morgan fingerprint density at radius 1 is 1.16 bits per heavy atom. The molecule has 0 saturated carbocycles. The van der Waals surface area contributed by atoms with E-state index < -0.39 is 12.0 Å². The quantitative estimate of drug-likeness (QED) is 0.476. The van der Waals surface area contributed by atoms with Gasteiger partial charge in [-0.25, -0.2) is 9.79 Å². The molecular weight excluding hydrogens is 494 g/mol. The maximum Gasteiger partial charge on any atom is 0.338 e. The number of benzene rings is 1. The van der Waals surface area contributed by atoms with Crippen molar-refractivity contribution in [3.05, 3.63) is 72.6 Å². The van der Waals surface area contributed by atoms with Crippen molar-refractivity contribution < 1.29 is 23.4 Å². The van der Waals surface area contributed by atoms with Crippen LogP contribution in [0.3, 0.4) is 0 Å². The van der Waals surface area contributed by atoms with E-state index in [0.717, 1.165) is 31.8 Å². The van der Waals surface area contributed by atoms with Crippen LogP contribution in [-0.2, 0) is 9.53 Å². The van der Waals surface area contributed by atoms with Gasteiger partial charge in [0.2, 0.25) is 6.79 Å². The highest BCUT2D eigenvalue weighted by molar-refractivity contribution is 7.07. The number of hydrogen-bond acceptors (Lipinski definition) is 9. The van der Waals surface area contributed by atoms with Crippen LogP contribution in [0, 0.1) is 0 Å². The number of allylic oxidation sites excluding steroid dienone is 1. The Hall–Kier alpha value is -3.79. The number of carbonyl (C=O) groups excluding carboxylic acids is 1. The van der Waals surface area contributed by atoms with Gasteiger partial charge >= 0.3 is 5.97 Å². The molecule has 0 bridgehead atoms. The van der Waals surface area contributed by atoms with Gasteiger partial charge in [0.05, 0.1) is 28.5 Å². The zero-order valence-electron chi connectivity index (χ0n) is 20.7. The van der Waals surface area contributed by atoms with Gasteiger partial charge < -0.3 is 23.5 Å². The van der Waals surface area contributed by atoms with Gasteiger partial charge in [0.25, 0.3) is 5.56 Å². The molecule has 3 aliphatic heterocycles. The van der Waals surface area contributed by atoms with E-state index in [-0.39, 0.29) is 19.0 Å². The molecule has 3 aromatic rings. The van der Waals surface area contributed by atoms with Crippen molar-refractivity contribution in [2.75, 3.05) is 31.4 Å². The topological polar surface area (TPSA) is 95.5 Å². The van der Waals surface area contributed by atoms with E-state index in [1.54, 1.807) is 36.6 Å². The number of aromatic nitrogens is 1. The number of nitrogens with zero attached hydrogens (tertiary/aromatic N) is 3. The average molecular weight is 522 g/mol. The molecule has 192 valence electrons. The van der Waals surface area contributed by atoms with Crippen LogP contribution < -0.4 is 29.3 Å². The number of carbonyl (C=O) groups is 1. The summed E-state index contributed by atoms with van der Waals surface area (Å²) in [6.45, 7) is 5.80. The zero-order valence-corrected chi connectivity index (χ0v) is 21.5. The molecule has 9 nitrogen and oxygen atoms in total. The molecule has 1 atom stereocenters. The highest BCUT2D eigenvalue weighted by atomic mass is 32.1. The first-order valence-electron chi connectivity index (χ1n) is 12.5. The summed E-state index contributed by atoms with van der Waals surface area (Å²) in [5.41, 5.74) is 1.29. The number of esters is 1. The minimum Gasteiger partial charge on any atom is -0.463 e.